The summed E-state index contributed by atoms with van der Waals surface area (Å²) in [5, 5.41) is 0. The first-order chi connectivity index (χ1) is 10.3. The molecular formula is C16H20N2O3. The molecule has 4 atom stereocenters. The number of hydrogen-bond donors (Lipinski definition) is 0. The fourth-order valence-corrected chi connectivity index (χ4v) is 3.91. The van der Waals surface area contributed by atoms with Crippen molar-refractivity contribution in [1.29, 1.82) is 0 Å². The van der Waals surface area contributed by atoms with Crippen molar-refractivity contribution in [2.24, 2.45) is 11.8 Å². The SMILES string of the molecule is O=C([C@@H]1CCOC1)N1C[C@H]2CC[C@H]1[C@H]2Oc1cccnc1. The Kier molecular flexibility index (Phi) is 3.30. The molecule has 1 saturated carbocycles. The number of likely N-dealkylation sites (tertiary alicyclic amines) is 1. The lowest BCUT2D eigenvalue weighted by Crippen LogP contribution is -2.43. The highest BCUT2D eigenvalue weighted by Gasteiger charge is 2.51. The molecule has 21 heavy (non-hydrogen) atoms. The maximum absolute atomic E-state index is 12.6. The Morgan fingerprint density at radius 3 is 3.10 bits per heavy atom. The van der Waals surface area contributed by atoms with Gasteiger partial charge in [0.05, 0.1) is 24.8 Å². The largest absolute Gasteiger partial charge is 0.486 e. The number of piperidine rings is 1. The van der Waals surface area contributed by atoms with Crippen molar-refractivity contribution in [2.75, 3.05) is 19.8 Å². The Balaban J connectivity index is 1.47. The first kappa shape index (κ1) is 13.1. The van der Waals surface area contributed by atoms with Crippen LogP contribution in [0.25, 0.3) is 0 Å². The molecule has 3 fully saturated rings. The zero-order chi connectivity index (χ0) is 14.2. The van der Waals surface area contributed by atoms with E-state index < -0.39 is 0 Å². The maximum atomic E-state index is 12.6. The molecule has 1 aromatic rings. The summed E-state index contributed by atoms with van der Waals surface area (Å²) in [7, 11) is 0. The van der Waals surface area contributed by atoms with E-state index in [0.29, 0.717) is 19.1 Å². The van der Waals surface area contributed by atoms with Crippen molar-refractivity contribution < 1.29 is 14.3 Å². The molecule has 0 unspecified atom stereocenters. The first-order valence-electron chi connectivity index (χ1n) is 7.78. The molecule has 2 saturated heterocycles. The van der Waals surface area contributed by atoms with Gasteiger partial charge in [-0.15, -0.1) is 0 Å². The van der Waals surface area contributed by atoms with E-state index in [0.717, 1.165) is 31.6 Å². The molecule has 1 amide bonds. The third-order valence-corrected chi connectivity index (χ3v) is 4.98. The van der Waals surface area contributed by atoms with Gasteiger partial charge < -0.3 is 14.4 Å². The van der Waals surface area contributed by atoms with E-state index in [4.69, 9.17) is 9.47 Å². The number of fused-ring (bicyclic) bond motifs is 2. The van der Waals surface area contributed by atoms with Crippen LogP contribution in [0.1, 0.15) is 19.3 Å². The minimum absolute atomic E-state index is 0.0587. The first-order valence-corrected chi connectivity index (χ1v) is 7.78. The van der Waals surface area contributed by atoms with Crippen LogP contribution in [-0.2, 0) is 9.53 Å². The monoisotopic (exact) mass is 288 g/mol. The van der Waals surface area contributed by atoms with Gasteiger partial charge in [-0.3, -0.25) is 9.78 Å². The van der Waals surface area contributed by atoms with Crippen molar-refractivity contribution in [2.45, 2.75) is 31.4 Å². The molecule has 3 heterocycles. The predicted molar refractivity (Wildman–Crippen MR) is 75.8 cm³/mol. The average molecular weight is 288 g/mol. The van der Waals surface area contributed by atoms with Crippen LogP contribution in [-0.4, -0.2) is 47.7 Å². The third-order valence-electron chi connectivity index (χ3n) is 4.98. The summed E-state index contributed by atoms with van der Waals surface area (Å²) in [6, 6.07) is 4.04. The van der Waals surface area contributed by atoms with E-state index in [-0.39, 0.29) is 24.0 Å². The number of amides is 1. The Morgan fingerprint density at radius 1 is 1.38 bits per heavy atom. The normalized spacial score (nSPS) is 34.4. The molecule has 5 nitrogen and oxygen atoms in total. The fraction of sp³-hybridized carbons (Fsp3) is 0.625. The number of hydrogen-bond acceptors (Lipinski definition) is 4. The van der Waals surface area contributed by atoms with Crippen LogP contribution >= 0.6 is 0 Å². The van der Waals surface area contributed by atoms with E-state index in [1.54, 1.807) is 12.4 Å². The van der Waals surface area contributed by atoms with Crippen LogP contribution in [0, 0.1) is 11.8 Å². The lowest BCUT2D eigenvalue weighted by Gasteiger charge is -2.29. The van der Waals surface area contributed by atoms with Gasteiger partial charge in [0.1, 0.15) is 11.9 Å². The van der Waals surface area contributed by atoms with E-state index in [1.807, 2.05) is 12.1 Å². The zero-order valence-corrected chi connectivity index (χ0v) is 12.0. The second kappa shape index (κ2) is 5.30. The molecule has 2 aliphatic heterocycles. The number of carbonyl (C=O) groups excluding carboxylic acids is 1. The molecule has 0 spiro atoms. The smallest absolute Gasteiger partial charge is 0.228 e. The second-order valence-electron chi connectivity index (χ2n) is 6.23. The number of aromatic nitrogens is 1. The summed E-state index contributed by atoms with van der Waals surface area (Å²) in [4.78, 5) is 18.8. The molecule has 5 heteroatoms. The summed E-state index contributed by atoms with van der Waals surface area (Å²) in [6.45, 7) is 2.14. The van der Waals surface area contributed by atoms with Crippen LogP contribution < -0.4 is 4.74 Å². The Bertz CT molecular complexity index is 516. The number of carbonyl (C=O) groups is 1. The average Bonchev–Trinajstić information content (AvgIpc) is 3.24. The van der Waals surface area contributed by atoms with E-state index in [1.165, 1.54) is 0 Å². The van der Waals surface area contributed by atoms with E-state index >= 15 is 0 Å². The van der Waals surface area contributed by atoms with Crippen LogP contribution in [0.15, 0.2) is 24.5 Å². The Morgan fingerprint density at radius 2 is 2.33 bits per heavy atom. The maximum Gasteiger partial charge on any atom is 0.228 e. The zero-order valence-electron chi connectivity index (χ0n) is 12.0. The third kappa shape index (κ3) is 2.29. The molecule has 1 aromatic heterocycles. The lowest BCUT2D eigenvalue weighted by molar-refractivity contribution is -0.137. The summed E-state index contributed by atoms with van der Waals surface area (Å²) < 4.78 is 11.5. The molecule has 0 radical (unpaired) electrons. The molecule has 4 rings (SSSR count). The van der Waals surface area contributed by atoms with Crippen molar-refractivity contribution >= 4 is 5.91 Å². The summed E-state index contributed by atoms with van der Waals surface area (Å²) in [5.41, 5.74) is 0. The van der Waals surface area contributed by atoms with Crippen molar-refractivity contribution in [3.05, 3.63) is 24.5 Å². The fourth-order valence-electron chi connectivity index (χ4n) is 3.91. The van der Waals surface area contributed by atoms with Crippen LogP contribution in [0.2, 0.25) is 0 Å². The van der Waals surface area contributed by atoms with E-state index in [9.17, 15) is 4.79 Å². The molecule has 1 aliphatic carbocycles. The molecule has 2 bridgehead atoms. The topological polar surface area (TPSA) is 51.7 Å². The number of ether oxygens (including phenoxy) is 2. The lowest BCUT2D eigenvalue weighted by atomic mass is 10.0. The standard InChI is InChI=1S/C16H20N2O3/c19-16(12-5-7-20-10-12)18-9-11-3-4-14(18)15(11)21-13-2-1-6-17-8-13/h1-2,6,8,11-12,14-15H,3-5,7,9-10H2/t11-,12-,14+,15+/m1/s1. The van der Waals surface area contributed by atoms with Crippen molar-refractivity contribution in [1.82, 2.24) is 9.88 Å². The van der Waals surface area contributed by atoms with Gasteiger partial charge in [-0.05, 0) is 31.4 Å². The van der Waals surface area contributed by atoms with Gasteiger partial charge in [0.2, 0.25) is 5.91 Å². The minimum Gasteiger partial charge on any atom is -0.486 e. The predicted octanol–water partition coefficient (Wildman–Crippen LogP) is 1.49. The van der Waals surface area contributed by atoms with Gasteiger partial charge in [-0.25, -0.2) is 0 Å². The number of nitrogens with zero attached hydrogens (tertiary/aromatic N) is 2. The molecule has 3 aliphatic rings. The second-order valence-corrected chi connectivity index (χ2v) is 6.23. The van der Waals surface area contributed by atoms with Gasteiger partial charge in [0, 0.05) is 25.3 Å². The van der Waals surface area contributed by atoms with Crippen LogP contribution in [0.4, 0.5) is 0 Å². The van der Waals surface area contributed by atoms with Gasteiger partial charge in [0.25, 0.3) is 0 Å². The van der Waals surface area contributed by atoms with Crippen LogP contribution in [0.5, 0.6) is 5.75 Å². The Hall–Kier alpha value is -1.62. The highest BCUT2D eigenvalue weighted by Crippen LogP contribution is 2.41. The summed E-state index contributed by atoms with van der Waals surface area (Å²) in [5.74, 6) is 1.59. The minimum atomic E-state index is 0.0587. The quantitative estimate of drug-likeness (QED) is 0.845. The molecule has 0 N–H and O–H groups in total. The van der Waals surface area contributed by atoms with Gasteiger partial charge in [-0.1, -0.05) is 0 Å². The highest BCUT2D eigenvalue weighted by atomic mass is 16.5. The highest BCUT2D eigenvalue weighted by molar-refractivity contribution is 5.80. The molecule has 0 aromatic carbocycles. The molecular weight excluding hydrogens is 268 g/mol. The van der Waals surface area contributed by atoms with Crippen molar-refractivity contribution in [3.8, 4) is 5.75 Å². The van der Waals surface area contributed by atoms with E-state index in [2.05, 4.69) is 9.88 Å². The van der Waals surface area contributed by atoms with Gasteiger partial charge in [-0.2, -0.15) is 0 Å². The van der Waals surface area contributed by atoms with Crippen LogP contribution in [0.3, 0.4) is 0 Å². The number of pyridine rings is 1. The van der Waals surface area contributed by atoms with Gasteiger partial charge in [0.15, 0.2) is 0 Å². The van der Waals surface area contributed by atoms with Crippen molar-refractivity contribution in [3.63, 3.8) is 0 Å². The summed E-state index contributed by atoms with van der Waals surface area (Å²) >= 11 is 0. The number of rotatable bonds is 3. The Labute approximate surface area is 124 Å². The molecule has 112 valence electrons. The summed E-state index contributed by atoms with van der Waals surface area (Å²) in [6.07, 6.45) is 6.68. The van der Waals surface area contributed by atoms with Gasteiger partial charge >= 0.3 is 0 Å².